The Morgan fingerprint density at radius 3 is 2.67 bits per heavy atom. The first kappa shape index (κ1) is 19.3. The van der Waals surface area contributed by atoms with Gasteiger partial charge in [-0.25, -0.2) is 4.57 Å². The Hall–Kier alpha value is -2.45. The average Bonchev–Trinajstić information content (AvgIpc) is 2.90. The van der Waals surface area contributed by atoms with E-state index in [0.29, 0.717) is 22.7 Å². The van der Waals surface area contributed by atoms with E-state index in [1.807, 2.05) is 12.1 Å². The molecule has 0 bridgehead atoms. The number of rotatable bonds is 6. The fourth-order valence-electron chi connectivity index (χ4n) is 2.65. The van der Waals surface area contributed by atoms with E-state index in [0.717, 1.165) is 5.56 Å². The lowest BCUT2D eigenvalue weighted by atomic mass is 10.2. The highest BCUT2D eigenvalue weighted by molar-refractivity contribution is 7.51. The minimum absolute atomic E-state index is 0.00955. The second-order valence-electron chi connectivity index (χ2n) is 5.96. The number of aromatic amines is 1. The first-order chi connectivity index (χ1) is 12.7. The smallest absolute Gasteiger partial charge is 0.329 e. The maximum absolute atomic E-state index is 12.4. The van der Waals surface area contributed by atoms with E-state index in [-0.39, 0.29) is 24.2 Å². The highest BCUT2D eigenvalue weighted by Gasteiger charge is 2.21. The van der Waals surface area contributed by atoms with Gasteiger partial charge in [-0.2, -0.15) is 0 Å². The van der Waals surface area contributed by atoms with Crippen LogP contribution in [0.25, 0.3) is 11.2 Å². The third kappa shape index (κ3) is 4.84. The highest BCUT2D eigenvalue weighted by Crippen LogP contribution is 2.33. The number of fused-ring (bicyclic) bond motifs is 1. The lowest BCUT2D eigenvalue weighted by molar-refractivity contribution is -0.663. The molecule has 0 saturated carbocycles. The van der Waals surface area contributed by atoms with Gasteiger partial charge in [-0.3, -0.25) is 18.9 Å². The summed E-state index contributed by atoms with van der Waals surface area (Å²) in [6, 6.07) is 7.25. The summed E-state index contributed by atoms with van der Waals surface area (Å²) >= 11 is 5.91. The number of allylic oxidation sites excluding steroid dienone is 2. The fourth-order valence-corrected chi connectivity index (χ4v) is 3.20. The Bertz CT molecular complexity index is 1100. The van der Waals surface area contributed by atoms with Crippen molar-refractivity contribution in [3.8, 4) is 0 Å². The molecule has 0 aliphatic rings. The predicted molar refractivity (Wildman–Crippen MR) is 102 cm³/mol. The number of nitrogens with two attached hydrogens (primary N) is 1. The molecule has 0 radical (unpaired) electrons. The van der Waals surface area contributed by atoms with Crippen molar-refractivity contribution in [1.29, 1.82) is 0 Å². The van der Waals surface area contributed by atoms with Crippen molar-refractivity contribution >= 4 is 36.3 Å². The number of aromatic nitrogens is 4. The van der Waals surface area contributed by atoms with Crippen molar-refractivity contribution in [2.75, 3.05) is 11.9 Å². The van der Waals surface area contributed by atoms with Crippen LogP contribution in [0.4, 0.5) is 5.95 Å². The first-order valence-electron chi connectivity index (χ1n) is 7.95. The molecule has 0 aliphatic heterocycles. The summed E-state index contributed by atoms with van der Waals surface area (Å²) in [6.45, 7) is 0.696. The summed E-state index contributed by atoms with van der Waals surface area (Å²) < 4.78 is 14.3. The quantitative estimate of drug-likeness (QED) is 0.272. The number of nitrogens with one attached hydrogen (secondary N) is 1. The molecule has 0 unspecified atom stereocenters. The van der Waals surface area contributed by atoms with Crippen LogP contribution in [0.1, 0.15) is 5.56 Å². The summed E-state index contributed by atoms with van der Waals surface area (Å²) in [7, 11) is -4.10. The molecule has 27 heavy (non-hydrogen) atoms. The van der Waals surface area contributed by atoms with Crippen LogP contribution in [0.2, 0.25) is 5.02 Å². The monoisotopic (exact) mass is 410 g/mol. The Morgan fingerprint density at radius 1 is 1.30 bits per heavy atom. The van der Waals surface area contributed by atoms with E-state index in [4.69, 9.17) is 27.1 Å². The Balaban J connectivity index is 1.97. The summed E-state index contributed by atoms with van der Waals surface area (Å²) in [4.78, 5) is 36.9. The molecule has 3 aromatic rings. The normalized spacial score (nSPS) is 12.3. The highest BCUT2D eigenvalue weighted by atomic mass is 35.5. The zero-order valence-corrected chi connectivity index (χ0v) is 15.8. The van der Waals surface area contributed by atoms with Crippen LogP contribution >= 0.6 is 19.2 Å². The van der Waals surface area contributed by atoms with Crippen LogP contribution in [0.5, 0.6) is 0 Å². The number of H-pyrrole nitrogens is 1. The molecule has 1 aromatic carbocycles. The van der Waals surface area contributed by atoms with Gasteiger partial charge in [0.15, 0.2) is 6.33 Å². The molecule has 142 valence electrons. The van der Waals surface area contributed by atoms with Gasteiger partial charge in [0.1, 0.15) is 0 Å². The van der Waals surface area contributed by atoms with E-state index < -0.39 is 7.60 Å². The molecule has 3 rings (SSSR count). The molecule has 2 aromatic heterocycles. The van der Waals surface area contributed by atoms with Crippen LogP contribution in [0, 0.1) is 0 Å². The SMILES string of the molecule is Nc1nc2c(c(=O)[nH]1)n(Cc1ccc(Cl)cc1)c[n+]2C/C=C\CP(=O)(O)O. The van der Waals surface area contributed by atoms with Crippen LogP contribution in [-0.4, -0.2) is 30.5 Å². The zero-order chi connectivity index (χ0) is 19.6. The Labute approximate surface area is 158 Å². The number of halogens is 1. The van der Waals surface area contributed by atoms with Gasteiger partial charge in [-0.15, -0.1) is 0 Å². The van der Waals surface area contributed by atoms with Gasteiger partial charge in [0, 0.05) is 5.02 Å². The van der Waals surface area contributed by atoms with Crippen LogP contribution < -0.4 is 15.9 Å². The van der Waals surface area contributed by atoms with E-state index >= 15 is 0 Å². The Kier molecular flexibility index (Phi) is 5.48. The van der Waals surface area contributed by atoms with Gasteiger partial charge >= 0.3 is 13.2 Å². The molecule has 5 N–H and O–H groups in total. The molecule has 0 fully saturated rings. The molecular formula is C16H18ClN5O4P+. The average molecular weight is 411 g/mol. The van der Waals surface area contributed by atoms with E-state index in [1.165, 1.54) is 6.08 Å². The molecule has 0 saturated heterocycles. The predicted octanol–water partition coefficient (Wildman–Crippen LogP) is 1.03. The maximum Gasteiger partial charge on any atom is 0.329 e. The molecule has 0 aliphatic carbocycles. The van der Waals surface area contributed by atoms with E-state index in [2.05, 4.69) is 9.97 Å². The number of hydrogen-bond acceptors (Lipinski definition) is 4. The Morgan fingerprint density at radius 2 is 2.00 bits per heavy atom. The standard InChI is InChI=1S/C16H17ClN5O4P/c17-12-5-3-11(4-6-12)9-22-10-21(7-1-2-8-27(24,25)26)14-13(22)15(23)20-16(18)19-14/h1-6,10H,7-9H2,(H4-,18,19,20,23,24,25,26)/p+1/b2-1-. The van der Waals surface area contributed by atoms with Gasteiger partial charge in [0.2, 0.25) is 5.52 Å². The second kappa shape index (κ2) is 7.66. The van der Waals surface area contributed by atoms with Gasteiger partial charge < -0.3 is 15.5 Å². The first-order valence-corrected chi connectivity index (χ1v) is 10.1. The molecule has 0 amide bonds. The molecule has 9 nitrogen and oxygen atoms in total. The van der Waals surface area contributed by atoms with Crippen molar-refractivity contribution in [3.05, 3.63) is 63.7 Å². The summed E-state index contributed by atoms with van der Waals surface area (Å²) in [5, 5.41) is 0.619. The lowest BCUT2D eigenvalue weighted by Crippen LogP contribution is -2.32. The lowest BCUT2D eigenvalue weighted by Gasteiger charge is -2.00. The van der Waals surface area contributed by atoms with E-state index in [9.17, 15) is 9.36 Å². The summed E-state index contributed by atoms with van der Waals surface area (Å²) in [5.74, 6) is -0.00955. The second-order valence-corrected chi connectivity index (χ2v) is 8.10. The minimum Gasteiger partial charge on any atom is -0.355 e. The van der Waals surface area contributed by atoms with Crippen molar-refractivity contribution in [1.82, 2.24) is 14.5 Å². The maximum atomic E-state index is 12.4. The molecule has 2 heterocycles. The van der Waals surface area contributed by atoms with Gasteiger partial charge in [-0.1, -0.05) is 40.9 Å². The number of nitrogens with zero attached hydrogens (tertiary/aromatic N) is 3. The molecular weight excluding hydrogens is 393 g/mol. The fraction of sp³-hybridized carbons (Fsp3) is 0.188. The van der Waals surface area contributed by atoms with Crippen molar-refractivity contribution in [3.63, 3.8) is 0 Å². The third-order valence-electron chi connectivity index (χ3n) is 3.81. The third-order valence-corrected chi connectivity index (χ3v) is 4.75. The minimum atomic E-state index is -4.10. The van der Waals surface area contributed by atoms with Crippen LogP contribution in [0.3, 0.4) is 0 Å². The van der Waals surface area contributed by atoms with Gasteiger partial charge in [0.05, 0.1) is 19.3 Å². The van der Waals surface area contributed by atoms with Crippen LogP contribution in [-0.2, 0) is 17.7 Å². The molecule has 11 heteroatoms. The van der Waals surface area contributed by atoms with Crippen molar-refractivity contribution in [2.45, 2.75) is 13.1 Å². The largest absolute Gasteiger partial charge is 0.355 e. The summed E-state index contributed by atoms with van der Waals surface area (Å²) in [6.07, 6.45) is 4.35. The van der Waals surface area contributed by atoms with Crippen molar-refractivity contribution in [2.24, 2.45) is 0 Å². The molecule has 0 atom stereocenters. The van der Waals surface area contributed by atoms with Gasteiger partial charge in [0.25, 0.3) is 11.5 Å². The number of benzene rings is 1. The number of hydrogen-bond donors (Lipinski definition) is 4. The molecule has 0 spiro atoms. The number of anilines is 1. The number of imidazole rings is 1. The topological polar surface area (TPSA) is 138 Å². The van der Waals surface area contributed by atoms with Gasteiger partial charge in [-0.05, 0) is 17.7 Å². The van der Waals surface area contributed by atoms with E-state index in [1.54, 1.807) is 33.7 Å². The zero-order valence-electron chi connectivity index (χ0n) is 14.1. The van der Waals surface area contributed by atoms with Crippen LogP contribution in [0.15, 0.2) is 47.5 Å². The summed E-state index contributed by atoms with van der Waals surface area (Å²) in [5.41, 5.74) is 6.96. The number of nitrogen functional groups attached to an aromatic ring is 1. The van der Waals surface area contributed by atoms with Crippen molar-refractivity contribution < 1.29 is 18.9 Å².